The molecule has 3 heterocycles. The van der Waals surface area contributed by atoms with Crippen molar-refractivity contribution in [1.82, 2.24) is 15.0 Å². The van der Waals surface area contributed by atoms with E-state index in [1.807, 2.05) is 84.9 Å². The van der Waals surface area contributed by atoms with Gasteiger partial charge in [0.1, 0.15) is 22.3 Å². The highest BCUT2D eigenvalue weighted by Crippen LogP contribution is 2.34. The van der Waals surface area contributed by atoms with E-state index in [0.717, 1.165) is 55.0 Å². The zero-order chi connectivity index (χ0) is 26.8. The second kappa shape index (κ2) is 8.11. The maximum atomic E-state index is 8.49. The minimum Gasteiger partial charge on any atom is -0.456 e. The van der Waals surface area contributed by atoms with Crippen molar-refractivity contribution >= 4 is 43.9 Å². The SMILES string of the molecule is [2H]c1cccc([2H])c1-c1nc(-c2ccc3c(c2)oc2ccccc23)nc(-c2ccc3c(c2)oc2ccccc23)n1. The monoisotopic (exact) mass is 491 g/mol. The number of hydrogen-bond acceptors (Lipinski definition) is 5. The topological polar surface area (TPSA) is 65.0 Å². The van der Waals surface area contributed by atoms with E-state index in [9.17, 15) is 0 Å². The van der Waals surface area contributed by atoms with E-state index >= 15 is 0 Å². The summed E-state index contributed by atoms with van der Waals surface area (Å²) in [5.41, 5.74) is 4.93. The summed E-state index contributed by atoms with van der Waals surface area (Å²) in [4.78, 5) is 14.4. The molecule has 0 N–H and O–H groups in total. The Morgan fingerprint density at radius 2 is 0.868 bits per heavy atom. The van der Waals surface area contributed by atoms with Gasteiger partial charge < -0.3 is 8.83 Å². The fourth-order valence-corrected chi connectivity index (χ4v) is 4.96. The third-order valence-electron chi connectivity index (χ3n) is 6.78. The number of fused-ring (bicyclic) bond motifs is 6. The van der Waals surface area contributed by atoms with Crippen molar-refractivity contribution in [2.45, 2.75) is 0 Å². The molecule has 0 aliphatic rings. The third-order valence-corrected chi connectivity index (χ3v) is 6.78. The van der Waals surface area contributed by atoms with Crippen LogP contribution >= 0.6 is 0 Å². The van der Waals surface area contributed by atoms with Crippen LogP contribution in [-0.2, 0) is 0 Å². The lowest BCUT2D eigenvalue weighted by atomic mass is 10.1. The molecule has 0 spiro atoms. The average Bonchev–Trinajstić information content (AvgIpc) is 3.54. The van der Waals surface area contributed by atoms with E-state index in [2.05, 4.69) is 0 Å². The number of furan rings is 2. The molecule has 5 aromatic carbocycles. The molecule has 0 amide bonds. The Hall–Kier alpha value is -5.29. The summed E-state index contributed by atoms with van der Waals surface area (Å²) in [5, 5.41) is 4.10. The molecule has 0 unspecified atom stereocenters. The van der Waals surface area contributed by atoms with Crippen LogP contribution < -0.4 is 0 Å². The van der Waals surface area contributed by atoms with E-state index in [0.29, 0.717) is 17.2 Å². The first-order valence-corrected chi connectivity index (χ1v) is 12.3. The molecule has 5 heteroatoms. The first-order chi connectivity index (χ1) is 19.6. The standard InChI is InChI=1S/C33H19N3O2/c1-2-8-20(9-3-1)31-34-32(21-14-16-25-23-10-4-6-12-27(23)37-29(25)18-21)36-33(35-31)22-15-17-26-24-11-5-7-13-28(24)38-30(26)19-22/h1-19H/i8D,9D. The van der Waals surface area contributed by atoms with Gasteiger partial charge in [0.25, 0.3) is 0 Å². The van der Waals surface area contributed by atoms with Crippen LogP contribution in [0.2, 0.25) is 0 Å². The van der Waals surface area contributed by atoms with Crippen LogP contribution in [0.25, 0.3) is 78.0 Å². The van der Waals surface area contributed by atoms with Crippen molar-refractivity contribution < 1.29 is 11.6 Å². The van der Waals surface area contributed by atoms with E-state index < -0.39 is 0 Å². The van der Waals surface area contributed by atoms with Crippen LogP contribution in [-0.4, -0.2) is 15.0 Å². The molecule has 0 fully saturated rings. The molecular formula is C33H19N3O2. The Kier molecular flexibility index (Phi) is 4.04. The number of aromatic nitrogens is 3. The average molecular weight is 492 g/mol. The van der Waals surface area contributed by atoms with Gasteiger partial charge in [0, 0.05) is 38.2 Å². The summed E-state index contributed by atoms with van der Waals surface area (Å²) in [6.07, 6.45) is 0. The smallest absolute Gasteiger partial charge is 0.164 e. The summed E-state index contributed by atoms with van der Waals surface area (Å²) in [6, 6.07) is 33.0. The Morgan fingerprint density at radius 1 is 0.421 bits per heavy atom. The second-order valence-electron chi connectivity index (χ2n) is 9.11. The predicted molar refractivity (Wildman–Crippen MR) is 151 cm³/mol. The van der Waals surface area contributed by atoms with Crippen LogP contribution in [0.4, 0.5) is 0 Å². The van der Waals surface area contributed by atoms with Crippen LogP contribution in [0.5, 0.6) is 0 Å². The molecule has 0 aliphatic carbocycles. The van der Waals surface area contributed by atoms with Crippen LogP contribution in [0, 0.1) is 0 Å². The molecule has 0 saturated carbocycles. The van der Waals surface area contributed by atoms with Gasteiger partial charge in [-0.15, -0.1) is 0 Å². The zero-order valence-corrected chi connectivity index (χ0v) is 20.0. The van der Waals surface area contributed by atoms with Crippen molar-refractivity contribution in [3.8, 4) is 34.2 Å². The molecule has 0 radical (unpaired) electrons. The highest BCUT2D eigenvalue weighted by atomic mass is 16.3. The van der Waals surface area contributed by atoms with Crippen molar-refractivity contribution in [1.29, 1.82) is 0 Å². The molecular weight excluding hydrogens is 470 g/mol. The maximum absolute atomic E-state index is 8.49. The fraction of sp³-hybridized carbons (Fsp3) is 0. The van der Waals surface area contributed by atoms with Gasteiger partial charge in [0.15, 0.2) is 17.5 Å². The third kappa shape index (κ3) is 3.29. The molecule has 38 heavy (non-hydrogen) atoms. The van der Waals surface area contributed by atoms with Crippen molar-refractivity contribution in [3.05, 3.63) is 115 Å². The lowest BCUT2D eigenvalue weighted by Crippen LogP contribution is -2.00. The highest BCUT2D eigenvalue weighted by molar-refractivity contribution is 6.06. The van der Waals surface area contributed by atoms with Crippen LogP contribution in [0.15, 0.2) is 124 Å². The Bertz CT molecular complexity index is 2120. The van der Waals surface area contributed by atoms with Crippen molar-refractivity contribution in [3.63, 3.8) is 0 Å². The number of nitrogens with zero attached hydrogens (tertiary/aromatic N) is 3. The summed E-state index contributed by atoms with van der Waals surface area (Å²) in [5.74, 6) is 1.12. The molecule has 0 bridgehead atoms. The number of benzene rings is 5. The van der Waals surface area contributed by atoms with E-state index in [-0.39, 0.29) is 17.9 Å². The Morgan fingerprint density at radius 3 is 1.39 bits per heavy atom. The summed E-state index contributed by atoms with van der Waals surface area (Å²) >= 11 is 0. The van der Waals surface area contributed by atoms with E-state index in [1.54, 1.807) is 18.2 Å². The van der Waals surface area contributed by atoms with Crippen molar-refractivity contribution in [2.24, 2.45) is 0 Å². The van der Waals surface area contributed by atoms with Gasteiger partial charge in [0.2, 0.25) is 0 Å². The summed E-state index contributed by atoms with van der Waals surface area (Å²) in [6.45, 7) is 0. The minimum atomic E-state index is 0.177. The number of rotatable bonds is 3. The van der Waals surface area contributed by atoms with Crippen LogP contribution in [0.1, 0.15) is 2.74 Å². The molecule has 8 rings (SSSR count). The first-order valence-electron chi connectivity index (χ1n) is 13.3. The molecule has 0 saturated heterocycles. The largest absolute Gasteiger partial charge is 0.456 e. The van der Waals surface area contributed by atoms with E-state index in [1.165, 1.54) is 0 Å². The fourth-order valence-electron chi connectivity index (χ4n) is 4.96. The zero-order valence-electron chi connectivity index (χ0n) is 22.0. The van der Waals surface area contributed by atoms with Crippen LogP contribution in [0.3, 0.4) is 0 Å². The summed E-state index contributed by atoms with van der Waals surface area (Å²) in [7, 11) is 0. The van der Waals surface area contributed by atoms with Gasteiger partial charge in [-0.1, -0.05) is 78.8 Å². The van der Waals surface area contributed by atoms with Crippen molar-refractivity contribution in [2.75, 3.05) is 0 Å². The lowest BCUT2D eigenvalue weighted by Gasteiger charge is -2.08. The molecule has 178 valence electrons. The molecule has 8 aromatic rings. The predicted octanol–water partition coefficient (Wildman–Crippen LogP) is 8.67. The Labute approximate surface area is 219 Å². The normalized spacial score (nSPS) is 12.4. The Balaban J connectivity index is 1.35. The number of hydrogen-bond donors (Lipinski definition) is 0. The first kappa shape index (κ1) is 18.9. The van der Waals surface area contributed by atoms with Gasteiger partial charge >= 0.3 is 0 Å². The van der Waals surface area contributed by atoms with Gasteiger partial charge in [-0.05, 0) is 36.4 Å². The molecule has 3 aromatic heterocycles. The van der Waals surface area contributed by atoms with E-state index in [4.69, 9.17) is 26.5 Å². The van der Waals surface area contributed by atoms with Gasteiger partial charge in [-0.25, -0.2) is 15.0 Å². The minimum absolute atomic E-state index is 0.177. The maximum Gasteiger partial charge on any atom is 0.164 e. The highest BCUT2D eigenvalue weighted by Gasteiger charge is 2.16. The lowest BCUT2D eigenvalue weighted by molar-refractivity contribution is 0.668. The second-order valence-corrected chi connectivity index (χ2v) is 9.11. The van der Waals surface area contributed by atoms with Gasteiger partial charge in [0.05, 0.1) is 2.74 Å². The van der Waals surface area contributed by atoms with Gasteiger partial charge in [-0.2, -0.15) is 0 Å². The molecule has 0 atom stereocenters. The summed E-state index contributed by atoms with van der Waals surface area (Å²) < 4.78 is 29.2. The van der Waals surface area contributed by atoms with Gasteiger partial charge in [-0.3, -0.25) is 0 Å². The quantitative estimate of drug-likeness (QED) is 0.247. The molecule has 0 aliphatic heterocycles. The molecule has 5 nitrogen and oxygen atoms in total. The number of para-hydroxylation sites is 2.